The Kier molecular flexibility index (Phi) is 6.72. The van der Waals surface area contributed by atoms with E-state index in [0.717, 1.165) is 0 Å². The Bertz CT molecular complexity index is 742. The fraction of sp³-hybridized carbons (Fsp3) is 0.308. The average Bonchev–Trinajstić information content (AvgIpc) is 2.49. The maximum absolute atomic E-state index is 13.0. The summed E-state index contributed by atoms with van der Waals surface area (Å²) in [6.07, 6.45) is 0. The molecular formula is C13H14F2O7S2. The van der Waals surface area contributed by atoms with Crippen molar-refractivity contribution in [3.8, 4) is 0 Å². The second kappa shape index (κ2) is 7.92. The molecule has 0 saturated heterocycles. The van der Waals surface area contributed by atoms with Crippen LogP contribution < -0.4 is 0 Å². The molecule has 0 radical (unpaired) electrons. The summed E-state index contributed by atoms with van der Waals surface area (Å²) in [6.45, 7) is 4.30. The SMILES string of the molecule is C=C(C)C(=O)OCc1ccc(COS(=O)C(F)(F)S(=O)(=O)O)cc1. The second-order valence-corrected chi connectivity index (χ2v) is 7.55. The van der Waals surface area contributed by atoms with Gasteiger partial charge in [-0.15, -0.1) is 0 Å². The number of hydrogen-bond donors (Lipinski definition) is 1. The largest absolute Gasteiger partial charge is 0.470 e. The molecule has 0 aromatic heterocycles. The molecule has 0 aliphatic rings. The van der Waals surface area contributed by atoms with E-state index in [1.807, 2.05) is 0 Å². The molecule has 1 atom stereocenters. The lowest BCUT2D eigenvalue weighted by atomic mass is 10.1. The van der Waals surface area contributed by atoms with Crippen molar-refractivity contribution in [3.05, 3.63) is 47.5 Å². The minimum Gasteiger partial charge on any atom is -0.457 e. The summed E-state index contributed by atoms with van der Waals surface area (Å²) in [5.74, 6) is -0.565. The first kappa shape index (κ1) is 20.4. The van der Waals surface area contributed by atoms with Crippen LogP contribution in [-0.4, -0.2) is 27.7 Å². The Labute approximate surface area is 139 Å². The predicted molar refractivity (Wildman–Crippen MR) is 80.5 cm³/mol. The third-order valence-electron chi connectivity index (χ3n) is 2.57. The van der Waals surface area contributed by atoms with E-state index in [-0.39, 0.29) is 12.2 Å². The number of carbonyl (C=O) groups is 1. The Balaban J connectivity index is 2.61. The van der Waals surface area contributed by atoms with Gasteiger partial charge in [-0.2, -0.15) is 17.2 Å². The number of carbonyl (C=O) groups excluding carboxylic acids is 1. The number of hydrogen-bond acceptors (Lipinski definition) is 6. The van der Waals surface area contributed by atoms with E-state index in [2.05, 4.69) is 10.8 Å². The van der Waals surface area contributed by atoms with E-state index < -0.39 is 38.4 Å². The number of alkyl halides is 2. The Morgan fingerprint density at radius 1 is 1.25 bits per heavy atom. The lowest BCUT2D eigenvalue weighted by molar-refractivity contribution is -0.140. The third kappa shape index (κ3) is 5.44. The van der Waals surface area contributed by atoms with Gasteiger partial charge in [-0.1, -0.05) is 30.8 Å². The molecule has 0 amide bonds. The van der Waals surface area contributed by atoms with Crippen LogP contribution in [0.15, 0.2) is 36.4 Å². The van der Waals surface area contributed by atoms with Gasteiger partial charge in [0.05, 0.1) is 6.61 Å². The van der Waals surface area contributed by atoms with Crippen molar-refractivity contribution in [1.82, 2.24) is 0 Å². The first-order chi connectivity index (χ1) is 10.9. The summed E-state index contributed by atoms with van der Waals surface area (Å²) >= 11 is -3.57. The highest BCUT2D eigenvalue weighted by Gasteiger charge is 2.52. The molecule has 7 nitrogen and oxygen atoms in total. The summed E-state index contributed by atoms with van der Waals surface area (Å²) in [5.41, 5.74) is 1.14. The van der Waals surface area contributed by atoms with Gasteiger partial charge in [0, 0.05) is 5.57 Å². The fourth-order valence-corrected chi connectivity index (χ4v) is 2.49. The molecule has 1 aromatic rings. The highest BCUT2D eigenvalue weighted by molar-refractivity contribution is 8.02. The van der Waals surface area contributed by atoms with Gasteiger partial charge < -0.3 is 4.74 Å². The van der Waals surface area contributed by atoms with E-state index in [1.54, 1.807) is 0 Å². The normalized spacial score (nSPS) is 13.3. The summed E-state index contributed by atoms with van der Waals surface area (Å²) in [5, 5.41) is 0. The van der Waals surface area contributed by atoms with Crippen LogP contribution in [-0.2, 0) is 48.1 Å². The van der Waals surface area contributed by atoms with E-state index in [4.69, 9.17) is 9.29 Å². The molecule has 1 rings (SSSR count). The molecule has 0 heterocycles. The highest BCUT2D eigenvalue weighted by Crippen LogP contribution is 2.26. The maximum Gasteiger partial charge on any atom is 0.470 e. The molecule has 134 valence electrons. The van der Waals surface area contributed by atoms with Gasteiger partial charge in [0.2, 0.25) is 11.1 Å². The molecule has 1 aromatic carbocycles. The Morgan fingerprint density at radius 3 is 2.12 bits per heavy atom. The second-order valence-electron chi connectivity index (χ2n) is 4.61. The van der Waals surface area contributed by atoms with Crippen molar-refractivity contribution in [2.45, 2.75) is 24.7 Å². The van der Waals surface area contributed by atoms with Crippen LogP contribution in [0.4, 0.5) is 8.78 Å². The lowest BCUT2D eigenvalue weighted by Gasteiger charge is -2.12. The molecule has 0 spiro atoms. The zero-order chi connectivity index (χ0) is 18.5. The van der Waals surface area contributed by atoms with E-state index in [0.29, 0.717) is 11.1 Å². The molecule has 0 fully saturated rings. The zero-order valence-electron chi connectivity index (χ0n) is 12.4. The molecule has 0 saturated carbocycles. The van der Waals surface area contributed by atoms with Crippen molar-refractivity contribution in [2.24, 2.45) is 0 Å². The zero-order valence-corrected chi connectivity index (χ0v) is 14.0. The average molecular weight is 384 g/mol. The summed E-state index contributed by atoms with van der Waals surface area (Å²) in [7, 11) is -5.85. The first-order valence-corrected chi connectivity index (χ1v) is 8.77. The number of esters is 1. The summed E-state index contributed by atoms with van der Waals surface area (Å²) in [4.78, 5) is 11.2. The van der Waals surface area contributed by atoms with E-state index in [1.165, 1.54) is 31.2 Å². The topological polar surface area (TPSA) is 107 Å². The van der Waals surface area contributed by atoms with Crippen molar-refractivity contribution < 1.29 is 39.7 Å². The van der Waals surface area contributed by atoms with E-state index >= 15 is 0 Å². The van der Waals surface area contributed by atoms with Gasteiger partial charge in [0.15, 0.2) is 0 Å². The van der Waals surface area contributed by atoms with Gasteiger partial charge in [-0.3, -0.25) is 8.74 Å². The van der Waals surface area contributed by atoms with Gasteiger partial charge in [-0.05, 0) is 18.1 Å². The van der Waals surface area contributed by atoms with Crippen LogP contribution in [0.25, 0.3) is 0 Å². The van der Waals surface area contributed by atoms with Crippen LogP contribution in [0.2, 0.25) is 0 Å². The van der Waals surface area contributed by atoms with Crippen molar-refractivity contribution >= 4 is 27.2 Å². The van der Waals surface area contributed by atoms with Crippen molar-refractivity contribution in [1.29, 1.82) is 0 Å². The van der Waals surface area contributed by atoms with Gasteiger partial charge in [-0.25, -0.2) is 9.00 Å². The summed E-state index contributed by atoms with van der Waals surface area (Å²) in [6, 6.07) is 5.86. The van der Waals surface area contributed by atoms with Crippen LogP contribution >= 0.6 is 0 Å². The number of benzene rings is 1. The quantitative estimate of drug-likeness (QED) is 0.414. The third-order valence-corrected chi connectivity index (χ3v) is 4.93. The fourth-order valence-electron chi connectivity index (χ4n) is 1.28. The Hall–Kier alpha value is -1.69. The minimum absolute atomic E-state index is 0.0282. The van der Waals surface area contributed by atoms with Crippen molar-refractivity contribution in [2.75, 3.05) is 0 Å². The number of ether oxygens (including phenoxy) is 1. The Morgan fingerprint density at radius 2 is 1.71 bits per heavy atom. The van der Waals surface area contributed by atoms with Crippen LogP contribution in [0.3, 0.4) is 0 Å². The van der Waals surface area contributed by atoms with Gasteiger partial charge in [0.1, 0.15) is 6.61 Å². The molecule has 0 aliphatic heterocycles. The standard InChI is InChI=1S/C13H14F2O7S2/c1-9(2)12(16)21-7-10-3-5-11(6-4-10)8-22-23(17)13(14,15)24(18,19)20/h3-6H,1,7-8H2,2H3,(H,18,19,20). The molecular weight excluding hydrogens is 370 g/mol. The number of halogens is 2. The highest BCUT2D eigenvalue weighted by atomic mass is 32.3. The van der Waals surface area contributed by atoms with Gasteiger partial charge in [0.25, 0.3) is 0 Å². The molecule has 11 heteroatoms. The van der Waals surface area contributed by atoms with Crippen LogP contribution in [0.5, 0.6) is 0 Å². The first-order valence-electron chi connectivity index (χ1n) is 6.25. The van der Waals surface area contributed by atoms with Crippen molar-refractivity contribution in [3.63, 3.8) is 0 Å². The van der Waals surface area contributed by atoms with Gasteiger partial charge >= 0.3 is 20.7 Å². The van der Waals surface area contributed by atoms with E-state index in [9.17, 15) is 26.2 Å². The molecule has 0 aliphatic carbocycles. The smallest absolute Gasteiger partial charge is 0.457 e. The minimum atomic E-state index is -5.85. The maximum atomic E-state index is 13.0. The predicted octanol–water partition coefficient (Wildman–Crippen LogP) is 1.92. The monoisotopic (exact) mass is 384 g/mol. The molecule has 1 N–H and O–H groups in total. The lowest BCUT2D eigenvalue weighted by Crippen LogP contribution is -2.34. The number of rotatable bonds is 8. The molecule has 24 heavy (non-hydrogen) atoms. The van der Waals surface area contributed by atoms with Crippen LogP contribution in [0.1, 0.15) is 18.1 Å². The molecule has 0 bridgehead atoms. The summed E-state index contributed by atoms with van der Waals surface area (Å²) < 4.78 is 70.5. The molecule has 1 unspecified atom stereocenters. The van der Waals surface area contributed by atoms with Crippen LogP contribution in [0, 0.1) is 0 Å².